The van der Waals surface area contributed by atoms with Gasteiger partial charge < -0.3 is 5.32 Å². The highest BCUT2D eigenvalue weighted by Crippen LogP contribution is 2.20. The number of rotatable bonds is 6. The highest BCUT2D eigenvalue weighted by atomic mass is 32.2. The number of aromatic nitrogens is 3. The first kappa shape index (κ1) is 16.7. The van der Waals surface area contributed by atoms with Crippen molar-refractivity contribution in [2.45, 2.75) is 36.2 Å². The van der Waals surface area contributed by atoms with Gasteiger partial charge in [0.1, 0.15) is 5.82 Å². The van der Waals surface area contributed by atoms with Crippen LogP contribution in [0.15, 0.2) is 22.7 Å². The Labute approximate surface area is 147 Å². The van der Waals surface area contributed by atoms with Crippen LogP contribution in [0.4, 0.5) is 4.79 Å². The van der Waals surface area contributed by atoms with Gasteiger partial charge in [-0.05, 0) is 43.4 Å². The topological polar surface area (TPSA) is 99.8 Å². The van der Waals surface area contributed by atoms with Gasteiger partial charge in [0, 0.05) is 10.9 Å². The van der Waals surface area contributed by atoms with Crippen LogP contribution in [0.5, 0.6) is 0 Å². The monoisotopic (exact) mass is 363 g/mol. The third-order valence-corrected chi connectivity index (χ3v) is 5.03. The fourth-order valence-corrected chi connectivity index (χ4v) is 3.16. The van der Waals surface area contributed by atoms with Crippen LogP contribution in [0.3, 0.4) is 0 Å². The van der Waals surface area contributed by atoms with Crippen LogP contribution in [0, 0.1) is 0 Å². The largest absolute Gasteiger partial charge is 0.335 e. The Balaban J connectivity index is 1.49. The number of urea groups is 1. The van der Waals surface area contributed by atoms with E-state index >= 15 is 0 Å². The van der Waals surface area contributed by atoms with E-state index in [9.17, 15) is 9.59 Å². The number of aromatic amines is 1. The molecule has 3 N–H and O–H groups in total. The minimum absolute atomic E-state index is 0.214. The normalized spacial score (nSPS) is 15.4. The fourth-order valence-electron chi connectivity index (χ4n) is 1.81. The molecule has 1 fully saturated rings. The lowest BCUT2D eigenvalue weighted by molar-refractivity contribution is -0.119. The number of thiophene rings is 1. The SMILES string of the molecule is CC(Sc1n[nH]c(/C=C/c2cccs2)n1)C(=O)NC(=O)NC1CC1. The van der Waals surface area contributed by atoms with E-state index in [1.807, 2.05) is 29.7 Å². The summed E-state index contributed by atoms with van der Waals surface area (Å²) in [6.45, 7) is 1.71. The predicted octanol–water partition coefficient (Wildman–Crippen LogP) is 2.51. The Morgan fingerprint density at radius 2 is 2.29 bits per heavy atom. The van der Waals surface area contributed by atoms with E-state index in [0.717, 1.165) is 17.7 Å². The van der Waals surface area contributed by atoms with Crippen molar-refractivity contribution >= 4 is 47.2 Å². The number of H-pyrrole nitrogens is 1. The van der Waals surface area contributed by atoms with Gasteiger partial charge in [-0.2, -0.15) is 0 Å². The number of nitrogens with zero attached hydrogens (tertiary/aromatic N) is 2. The summed E-state index contributed by atoms with van der Waals surface area (Å²) in [5, 5.41) is 13.9. The number of hydrogen-bond acceptors (Lipinski definition) is 6. The first-order chi connectivity index (χ1) is 11.6. The molecular weight excluding hydrogens is 346 g/mol. The molecular formula is C15H17N5O2S2. The zero-order valence-corrected chi connectivity index (χ0v) is 14.6. The standard InChI is InChI=1S/C15H17N5O2S2/c1-9(13(21)18-14(22)16-10-4-5-10)24-15-17-12(19-20-15)7-6-11-3-2-8-23-11/h2-3,6-10H,4-5H2,1H3,(H,17,19,20)(H2,16,18,21,22)/b7-6+. The van der Waals surface area contributed by atoms with Gasteiger partial charge in [0.2, 0.25) is 11.1 Å². The Bertz CT molecular complexity index is 737. The molecule has 2 aromatic rings. The van der Waals surface area contributed by atoms with E-state index in [-0.39, 0.29) is 11.9 Å². The number of amides is 3. The van der Waals surface area contributed by atoms with Crippen molar-refractivity contribution < 1.29 is 9.59 Å². The molecule has 9 heteroatoms. The van der Waals surface area contributed by atoms with Crippen molar-refractivity contribution in [2.75, 3.05) is 0 Å². The molecule has 7 nitrogen and oxygen atoms in total. The first-order valence-electron chi connectivity index (χ1n) is 7.52. The van der Waals surface area contributed by atoms with Crippen molar-refractivity contribution in [3.8, 4) is 0 Å². The molecule has 1 aliphatic rings. The maximum atomic E-state index is 12.0. The van der Waals surface area contributed by atoms with Gasteiger partial charge in [0.05, 0.1) is 5.25 Å². The Kier molecular flexibility index (Phi) is 5.31. The van der Waals surface area contributed by atoms with Gasteiger partial charge in [-0.15, -0.1) is 16.4 Å². The van der Waals surface area contributed by atoms with Crippen molar-refractivity contribution in [2.24, 2.45) is 0 Å². The van der Waals surface area contributed by atoms with Crippen LogP contribution in [0.25, 0.3) is 12.2 Å². The van der Waals surface area contributed by atoms with Crippen molar-refractivity contribution in [1.29, 1.82) is 0 Å². The minimum atomic E-state index is -0.472. The van der Waals surface area contributed by atoms with Gasteiger partial charge in [0.25, 0.3) is 0 Å². The van der Waals surface area contributed by atoms with Gasteiger partial charge in [-0.3, -0.25) is 15.2 Å². The smallest absolute Gasteiger partial charge is 0.321 e. The second-order valence-electron chi connectivity index (χ2n) is 5.35. The van der Waals surface area contributed by atoms with Gasteiger partial charge in [0.15, 0.2) is 0 Å². The second-order valence-corrected chi connectivity index (χ2v) is 7.64. The molecule has 0 aliphatic heterocycles. The number of nitrogens with one attached hydrogen (secondary N) is 3. The van der Waals surface area contributed by atoms with E-state index < -0.39 is 11.3 Å². The summed E-state index contributed by atoms with van der Waals surface area (Å²) >= 11 is 2.83. The van der Waals surface area contributed by atoms with Crippen LogP contribution in [0.2, 0.25) is 0 Å². The van der Waals surface area contributed by atoms with Crippen molar-refractivity contribution in [1.82, 2.24) is 25.8 Å². The number of carbonyl (C=O) groups is 2. The van der Waals surface area contributed by atoms with Gasteiger partial charge >= 0.3 is 6.03 Å². The molecule has 2 heterocycles. The minimum Gasteiger partial charge on any atom is -0.335 e. The summed E-state index contributed by atoms with van der Waals surface area (Å²) in [4.78, 5) is 29.0. The average Bonchev–Trinajstić information content (AvgIpc) is 3.02. The lowest BCUT2D eigenvalue weighted by Gasteiger charge is -2.09. The highest BCUT2D eigenvalue weighted by Gasteiger charge is 2.25. The molecule has 2 aromatic heterocycles. The van der Waals surface area contributed by atoms with Gasteiger partial charge in [-0.1, -0.05) is 17.8 Å². The highest BCUT2D eigenvalue weighted by molar-refractivity contribution is 8.00. The first-order valence-corrected chi connectivity index (χ1v) is 9.28. The summed E-state index contributed by atoms with van der Waals surface area (Å²) in [7, 11) is 0. The summed E-state index contributed by atoms with van der Waals surface area (Å²) in [5.74, 6) is 0.253. The van der Waals surface area contributed by atoms with Crippen LogP contribution in [-0.4, -0.2) is 38.4 Å². The van der Waals surface area contributed by atoms with E-state index in [1.165, 1.54) is 11.8 Å². The van der Waals surface area contributed by atoms with Crippen LogP contribution >= 0.6 is 23.1 Å². The third-order valence-electron chi connectivity index (χ3n) is 3.23. The lowest BCUT2D eigenvalue weighted by atomic mass is 10.4. The molecule has 3 rings (SSSR count). The Morgan fingerprint density at radius 3 is 3.00 bits per heavy atom. The van der Waals surface area contributed by atoms with Crippen molar-refractivity contribution in [3.63, 3.8) is 0 Å². The molecule has 126 valence electrons. The molecule has 0 radical (unpaired) electrons. The fraction of sp³-hybridized carbons (Fsp3) is 0.333. The van der Waals surface area contributed by atoms with Crippen LogP contribution in [0.1, 0.15) is 30.5 Å². The summed E-state index contributed by atoms with van der Waals surface area (Å²) in [6.07, 6.45) is 5.73. The molecule has 1 saturated carbocycles. The summed E-state index contributed by atoms with van der Waals surface area (Å²) in [5.41, 5.74) is 0. The molecule has 1 aliphatic carbocycles. The van der Waals surface area contributed by atoms with E-state index in [4.69, 9.17) is 0 Å². The van der Waals surface area contributed by atoms with E-state index in [2.05, 4.69) is 25.8 Å². The third kappa shape index (κ3) is 4.93. The molecule has 0 aromatic carbocycles. The van der Waals surface area contributed by atoms with Crippen LogP contribution < -0.4 is 10.6 Å². The molecule has 3 amide bonds. The second kappa shape index (κ2) is 7.63. The molecule has 1 unspecified atom stereocenters. The number of imide groups is 1. The molecule has 0 spiro atoms. The Morgan fingerprint density at radius 1 is 1.46 bits per heavy atom. The molecule has 24 heavy (non-hydrogen) atoms. The molecule has 0 bridgehead atoms. The predicted molar refractivity (Wildman–Crippen MR) is 94.6 cm³/mol. The molecule has 0 saturated heterocycles. The number of thioether (sulfide) groups is 1. The zero-order valence-electron chi connectivity index (χ0n) is 13.0. The van der Waals surface area contributed by atoms with E-state index in [1.54, 1.807) is 18.3 Å². The maximum Gasteiger partial charge on any atom is 0.321 e. The van der Waals surface area contributed by atoms with Crippen LogP contribution in [-0.2, 0) is 4.79 Å². The van der Waals surface area contributed by atoms with Gasteiger partial charge in [-0.25, -0.2) is 9.78 Å². The molecule has 1 atom stereocenters. The van der Waals surface area contributed by atoms with Crippen molar-refractivity contribution in [3.05, 3.63) is 28.2 Å². The van der Waals surface area contributed by atoms with E-state index in [0.29, 0.717) is 11.0 Å². The Hall–Kier alpha value is -2.13. The summed E-state index contributed by atoms with van der Waals surface area (Å²) in [6, 6.07) is 3.76. The maximum absolute atomic E-state index is 12.0. The summed E-state index contributed by atoms with van der Waals surface area (Å²) < 4.78 is 0. The quantitative estimate of drug-likeness (QED) is 0.685. The lowest BCUT2D eigenvalue weighted by Crippen LogP contribution is -2.43. The zero-order chi connectivity index (χ0) is 16.9. The number of hydrogen-bond donors (Lipinski definition) is 3. The average molecular weight is 363 g/mol. The number of carbonyl (C=O) groups excluding carboxylic acids is 2.